The van der Waals surface area contributed by atoms with Crippen molar-refractivity contribution in [2.24, 2.45) is 0 Å². The molecule has 8 aromatic rings. The number of nitrogens with zero attached hydrogens (tertiary/aromatic N) is 3. The number of hydrogen-bond acceptors (Lipinski definition) is 2. The maximum atomic E-state index is 5.07. The zero-order valence-electron chi connectivity index (χ0n) is 30.3. The van der Waals surface area contributed by atoms with E-state index in [2.05, 4.69) is 174 Å². The third kappa shape index (κ3) is 6.25. The van der Waals surface area contributed by atoms with Gasteiger partial charge in [0.25, 0.3) is 0 Å². The van der Waals surface area contributed by atoms with Gasteiger partial charge in [0, 0.05) is 33.2 Å². The highest BCUT2D eigenvalue weighted by Crippen LogP contribution is 2.38. The van der Waals surface area contributed by atoms with Gasteiger partial charge >= 0.3 is 0 Å². The second-order valence-corrected chi connectivity index (χ2v) is 15.6. The lowest BCUT2D eigenvalue weighted by molar-refractivity contribution is 0.590. The molecule has 3 heteroatoms. The SMILES string of the molecule is CC(C)(C)c1ccc2c(c1)c1cc(C(C)(C)C)ccc1n2-c1ccc(-c2cccc(-c3cc(-c4ccccc4)nc(-c4ccccc4)n3)c2)cc1. The van der Waals surface area contributed by atoms with Gasteiger partial charge in [0.1, 0.15) is 0 Å². The van der Waals surface area contributed by atoms with Crippen molar-refractivity contribution in [3.8, 4) is 50.7 Å². The molecule has 2 aromatic heterocycles. The topological polar surface area (TPSA) is 30.7 Å². The van der Waals surface area contributed by atoms with Crippen molar-refractivity contribution < 1.29 is 0 Å². The summed E-state index contributed by atoms with van der Waals surface area (Å²) in [5.41, 5.74) is 13.7. The summed E-state index contributed by atoms with van der Waals surface area (Å²) in [7, 11) is 0. The summed E-state index contributed by atoms with van der Waals surface area (Å²) in [6.45, 7) is 13.7. The molecule has 0 saturated heterocycles. The van der Waals surface area contributed by atoms with E-state index in [0.717, 1.165) is 50.7 Å². The molecule has 0 unspecified atom stereocenters. The van der Waals surface area contributed by atoms with Crippen LogP contribution in [0.5, 0.6) is 0 Å². The van der Waals surface area contributed by atoms with Gasteiger partial charge in [-0.25, -0.2) is 9.97 Å². The highest BCUT2D eigenvalue weighted by molar-refractivity contribution is 6.10. The number of aromatic nitrogens is 3. The molecule has 6 aromatic carbocycles. The maximum absolute atomic E-state index is 5.07. The minimum Gasteiger partial charge on any atom is -0.309 e. The van der Waals surface area contributed by atoms with Gasteiger partial charge in [-0.2, -0.15) is 0 Å². The van der Waals surface area contributed by atoms with Crippen molar-refractivity contribution in [1.82, 2.24) is 14.5 Å². The smallest absolute Gasteiger partial charge is 0.160 e. The molecule has 0 aliphatic carbocycles. The summed E-state index contributed by atoms with van der Waals surface area (Å²) in [5.74, 6) is 0.720. The molecule has 0 amide bonds. The van der Waals surface area contributed by atoms with Crippen LogP contribution >= 0.6 is 0 Å². The van der Waals surface area contributed by atoms with Crippen LogP contribution in [0, 0.1) is 0 Å². The van der Waals surface area contributed by atoms with E-state index in [9.17, 15) is 0 Å². The average Bonchev–Trinajstić information content (AvgIpc) is 3.48. The van der Waals surface area contributed by atoms with E-state index in [-0.39, 0.29) is 10.8 Å². The Morgan fingerprint density at radius 2 is 0.882 bits per heavy atom. The number of hydrogen-bond donors (Lipinski definition) is 0. The zero-order valence-corrected chi connectivity index (χ0v) is 30.3. The summed E-state index contributed by atoms with van der Waals surface area (Å²) in [6.07, 6.45) is 0. The normalized spacial score (nSPS) is 12.1. The predicted molar refractivity (Wildman–Crippen MR) is 216 cm³/mol. The first-order chi connectivity index (χ1) is 24.5. The standard InChI is InChI=1S/C48H43N3/c1-47(2,3)37-22-26-44-40(29-37)41-30-38(48(4,5)6)23-27-45(41)51(44)39-24-20-32(21-25-39)35-18-13-19-36(28-35)43-31-42(33-14-9-7-10-15-33)49-46(50-43)34-16-11-8-12-17-34/h7-31H,1-6H3. The van der Waals surface area contributed by atoms with Crippen LogP contribution < -0.4 is 0 Å². The summed E-state index contributed by atoms with van der Waals surface area (Å²) < 4.78 is 2.42. The van der Waals surface area contributed by atoms with Crippen molar-refractivity contribution in [2.75, 3.05) is 0 Å². The Kier molecular flexibility index (Phi) is 7.95. The molecule has 0 aliphatic rings. The van der Waals surface area contributed by atoms with E-state index in [1.807, 2.05) is 24.3 Å². The molecular formula is C48H43N3. The fourth-order valence-electron chi connectivity index (χ4n) is 6.96. The number of rotatable bonds is 5. The second-order valence-electron chi connectivity index (χ2n) is 15.6. The Labute approximate surface area is 301 Å². The van der Waals surface area contributed by atoms with Crippen molar-refractivity contribution in [1.29, 1.82) is 0 Å². The maximum Gasteiger partial charge on any atom is 0.160 e. The molecule has 2 heterocycles. The molecule has 0 fully saturated rings. The van der Waals surface area contributed by atoms with E-state index >= 15 is 0 Å². The van der Waals surface area contributed by atoms with E-state index in [4.69, 9.17) is 9.97 Å². The molecule has 3 nitrogen and oxygen atoms in total. The van der Waals surface area contributed by atoms with Gasteiger partial charge in [-0.3, -0.25) is 0 Å². The van der Waals surface area contributed by atoms with Crippen LogP contribution in [0.4, 0.5) is 0 Å². The van der Waals surface area contributed by atoms with Crippen molar-refractivity contribution in [2.45, 2.75) is 52.4 Å². The highest BCUT2D eigenvalue weighted by atomic mass is 15.0. The Morgan fingerprint density at radius 3 is 1.43 bits per heavy atom. The summed E-state index contributed by atoms with van der Waals surface area (Å²) >= 11 is 0. The van der Waals surface area contributed by atoms with Crippen LogP contribution in [0.1, 0.15) is 52.7 Å². The molecule has 51 heavy (non-hydrogen) atoms. The van der Waals surface area contributed by atoms with Crippen molar-refractivity contribution >= 4 is 21.8 Å². The van der Waals surface area contributed by atoms with Crippen LogP contribution in [-0.4, -0.2) is 14.5 Å². The zero-order chi connectivity index (χ0) is 35.3. The van der Waals surface area contributed by atoms with Crippen molar-refractivity contribution in [3.63, 3.8) is 0 Å². The van der Waals surface area contributed by atoms with E-state index in [1.54, 1.807) is 0 Å². The first kappa shape index (κ1) is 32.4. The van der Waals surface area contributed by atoms with Gasteiger partial charge in [0.2, 0.25) is 0 Å². The average molecular weight is 662 g/mol. The van der Waals surface area contributed by atoms with Gasteiger partial charge < -0.3 is 4.57 Å². The molecular weight excluding hydrogens is 619 g/mol. The van der Waals surface area contributed by atoms with Crippen LogP contribution in [0.15, 0.2) is 152 Å². The van der Waals surface area contributed by atoms with E-state index in [1.165, 1.54) is 32.9 Å². The van der Waals surface area contributed by atoms with Gasteiger partial charge in [-0.05, 0) is 81.6 Å². The molecule has 0 saturated carbocycles. The molecule has 0 aliphatic heterocycles. The van der Waals surface area contributed by atoms with Crippen LogP contribution in [0.3, 0.4) is 0 Å². The third-order valence-corrected chi connectivity index (χ3v) is 9.94. The number of fused-ring (bicyclic) bond motifs is 3. The Bertz CT molecular complexity index is 2380. The third-order valence-electron chi connectivity index (χ3n) is 9.94. The quantitative estimate of drug-likeness (QED) is 0.184. The van der Waals surface area contributed by atoms with Crippen LogP contribution in [-0.2, 0) is 10.8 Å². The first-order valence-electron chi connectivity index (χ1n) is 17.8. The largest absolute Gasteiger partial charge is 0.309 e. The predicted octanol–water partition coefficient (Wildman–Crippen LogP) is 12.8. The van der Waals surface area contributed by atoms with Crippen LogP contribution in [0.25, 0.3) is 72.5 Å². The Hall–Kier alpha value is -5.80. The minimum absolute atomic E-state index is 0.0679. The lowest BCUT2D eigenvalue weighted by atomic mass is 9.85. The summed E-state index contributed by atoms with van der Waals surface area (Å²) in [6, 6.07) is 54.3. The molecule has 250 valence electrons. The number of benzene rings is 6. The fraction of sp³-hybridized carbons (Fsp3) is 0.167. The van der Waals surface area contributed by atoms with E-state index in [0.29, 0.717) is 0 Å². The Balaban J connectivity index is 1.20. The summed E-state index contributed by atoms with van der Waals surface area (Å²) in [4.78, 5) is 10.0. The lowest BCUT2D eigenvalue weighted by Gasteiger charge is -2.19. The molecule has 0 spiro atoms. The summed E-state index contributed by atoms with van der Waals surface area (Å²) in [5, 5.41) is 2.60. The van der Waals surface area contributed by atoms with Crippen molar-refractivity contribution in [3.05, 3.63) is 163 Å². The molecule has 0 atom stereocenters. The molecule has 8 rings (SSSR count). The van der Waals surface area contributed by atoms with Gasteiger partial charge in [0.15, 0.2) is 5.82 Å². The van der Waals surface area contributed by atoms with E-state index < -0.39 is 0 Å². The highest BCUT2D eigenvalue weighted by Gasteiger charge is 2.21. The molecule has 0 N–H and O–H groups in total. The fourth-order valence-corrected chi connectivity index (χ4v) is 6.96. The Morgan fingerprint density at radius 1 is 0.392 bits per heavy atom. The molecule has 0 bridgehead atoms. The monoisotopic (exact) mass is 661 g/mol. The van der Waals surface area contributed by atoms with Gasteiger partial charge in [-0.15, -0.1) is 0 Å². The van der Waals surface area contributed by atoms with Gasteiger partial charge in [-0.1, -0.05) is 145 Å². The molecule has 0 radical (unpaired) electrons. The first-order valence-corrected chi connectivity index (χ1v) is 17.8. The van der Waals surface area contributed by atoms with Gasteiger partial charge in [0.05, 0.1) is 22.4 Å². The second kappa shape index (κ2) is 12.5. The lowest BCUT2D eigenvalue weighted by Crippen LogP contribution is -2.10. The van der Waals surface area contributed by atoms with Crippen LogP contribution in [0.2, 0.25) is 0 Å². The minimum atomic E-state index is 0.0679.